The number of nitro groups is 1. The van der Waals surface area contributed by atoms with Crippen LogP contribution in [0.5, 0.6) is 11.5 Å². The van der Waals surface area contributed by atoms with Crippen molar-refractivity contribution in [1.29, 1.82) is 0 Å². The SMILES string of the molecule is CC(C)(C)C(=O)ON[C@@H](CSc1cccc(Oc2ccccc2)c1[N+](=O)[O-])C(=O)O. The van der Waals surface area contributed by atoms with Gasteiger partial charge < -0.3 is 14.7 Å². The molecule has 0 radical (unpaired) electrons. The van der Waals surface area contributed by atoms with E-state index in [-0.39, 0.29) is 22.1 Å². The molecule has 2 aromatic rings. The highest BCUT2D eigenvalue weighted by atomic mass is 32.2. The molecule has 2 rings (SSSR count). The molecule has 160 valence electrons. The lowest BCUT2D eigenvalue weighted by Crippen LogP contribution is -2.42. The van der Waals surface area contributed by atoms with Crippen molar-refractivity contribution in [3.63, 3.8) is 0 Å². The smallest absolute Gasteiger partial charge is 0.330 e. The highest BCUT2D eigenvalue weighted by Gasteiger charge is 2.28. The highest BCUT2D eigenvalue weighted by Crippen LogP contribution is 2.39. The maximum absolute atomic E-state index is 11.8. The van der Waals surface area contributed by atoms with E-state index in [0.717, 1.165) is 11.8 Å². The van der Waals surface area contributed by atoms with Crippen molar-refractivity contribution in [2.75, 3.05) is 5.75 Å². The van der Waals surface area contributed by atoms with Crippen LogP contribution in [0.2, 0.25) is 0 Å². The number of nitro benzene ring substituents is 1. The van der Waals surface area contributed by atoms with Gasteiger partial charge in [-0.25, -0.2) is 4.79 Å². The fraction of sp³-hybridized carbons (Fsp3) is 0.300. The number of carboxylic acid groups (broad SMARTS) is 1. The zero-order valence-corrected chi connectivity index (χ0v) is 17.5. The number of nitrogens with zero attached hydrogens (tertiary/aromatic N) is 1. The third-order valence-corrected chi connectivity index (χ3v) is 4.87. The van der Waals surface area contributed by atoms with Crippen LogP contribution in [-0.4, -0.2) is 33.8 Å². The van der Waals surface area contributed by atoms with Crippen molar-refractivity contribution < 1.29 is 29.2 Å². The summed E-state index contributed by atoms with van der Waals surface area (Å²) in [5.74, 6) is -1.54. The van der Waals surface area contributed by atoms with Crippen LogP contribution in [0, 0.1) is 15.5 Å². The van der Waals surface area contributed by atoms with Gasteiger partial charge in [-0.1, -0.05) is 24.3 Å². The molecule has 0 unspecified atom stereocenters. The molecule has 2 aromatic carbocycles. The van der Waals surface area contributed by atoms with Crippen molar-refractivity contribution in [2.24, 2.45) is 5.41 Å². The Labute approximate surface area is 177 Å². The minimum Gasteiger partial charge on any atom is -0.480 e. The molecular weight excluding hydrogens is 412 g/mol. The average molecular weight is 434 g/mol. The molecule has 0 saturated carbocycles. The van der Waals surface area contributed by atoms with E-state index in [9.17, 15) is 24.8 Å². The molecule has 9 nitrogen and oxygen atoms in total. The number of hydrogen-bond donors (Lipinski definition) is 2. The van der Waals surface area contributed by atoms with Crippen LogP contribution in [0.25, 0.3) is 0 Å². The Kier molecular flexibility index (Phi) is 7.79. The maximum atomic E-state index is 11.8. The normalized spacial score (nSPS) is 12.1. The van der Waals surface area contributed by atoms with Crippen molar-refractivity contribution in [3.8, 4) is 11.5 Å². The molecule has 10 heteroatoms. The third-order valence-electron chi connectivity index (χ3n) is 3.73. The number of nitrogens with one attached hydrogen (secondary N) is 1. The number of rotatable bonds is 9. The fourth-order valence-electron chi connectivity index (χ4n) is 2.10. The zero-order chi connectivity index (χ0) is 22.3. The molecule has 0 aliphatic rings. The summed E-state index contributed by atoms with van der Waals surface area (Å²) in [6, 6.07) is 11.9. The van der Waals surface area contributed by atoms with Crippen molar-refractivity contribution in [1.82, 2.24) is 5.48 Å². The first-order valence-electron chi connectivity index (χ1n) is 8.92. The Morgan fingerprint density at radius 3 is 2.40 bits per heavy atom. The molecular formula is C20H22N2O7S. The van der Waals surface area contributed by atoms with E-state index in [1.165, 1.54) is 12.1 Å². The van der Waals surface area contributed by atoms with Crippen LogP contribution < -0.4 is 10.2 Å². The molecule has 0 fully saturated rings. The number of benzene rings is 2. The first-order chi connectivity index (χ1) is 14.1. The Balaban J connectivity index is 2.16. The first-order valence-corrected chi connectivity index (χ1v) is 9.91. The van der Waals surface area contributed by atoms with Gasteiger partial charge in [-0.2, -0.15) is 0 Å². The Bertz CT molecular complexity index is 913. The average Bonchev–Trinajstić information content (AvgIpc) is 2.67. The van der Waals surface area contributed by atoms with E-state index < -0.39 is 28.3 Å². The number of thioether (sulfide) groups is 1. The lowest BCUT2D eigenvalue weighted by atomic mass is 9.98. The highest BCUT2D eigenvalue weighted by molar-refractivity contribution is 7.99. The maximum Gasteiger partial charge on any atom is 0.330 e. The number of para-hydroxylation sites is 2. The van der Waals surface area contributed by atoms with E-state index in [1.54, 1.807) is 57.2 Å². The van der Waals surface area contributed by atoms with Crippen LogP contribution in [0.15, 0.2) is 53.4 Å². The van der Waals surface area contributed by atoms with E-state index in [4.69, 9.17) is 9.57 Å². The van der Waals surface area contributed by atoms with Crippen molar-refractivity contribution in [2.45, 2.75) is 31.7 Å². The van der Waals surface area contributed by atoms with Gasteiger partial charge in [0.2, 0.25) is 5.75 Å². The van der Waals surface area contributed by atoms with Crippen LogP contribution in [0.1, 0.15) is 20.8 Å². The fourth-order valence-corrected chi connectivity index (χ4v) is 3.15. The molecule has 0 heterocycles. The number of hydroxylamine groups is 1. The summed E-state index contributed by atoms with van der Waals surface area (Å²) in [4.78, 5) is 39.5. The standard InChI is InChI=1S/C20H22N2O7S/c1-20(2,3)19(25)29-21-14(18(23)24)12-30-16-11-7-10-15(17(16)22(26)27)28-13-8-5-4-6-9-13/h4-11,14,21H,12H2,1-3H3,(H,23,24)/t14-/m0/s1. The van der Waals surface area contributed by atoms with Crippen molar-refractivity contribution in [3.05, 3.63) is 58.6 Å². The minimum atomic E-state index is -1.26. The summed E-state index contributed by atoms with van der Waals surface area (Å²) in [7, 11) is 0. The second kappa shape index (κ2) is 10.1. The lowest BCUT2D eigenvalue weighted by Gasteiger charge is -2.19. The number of carboxylic acids is 1. The van der Waals surface area contributed by atoms with E-state index in [0.29, 0.717) is 5.75 Å². The summed E-state index contributed by atoms with van der Waals surface area (Å²) in [5.41, 5.74) is 1.14. The molecule has 0 amide bonds. The van der Waals surface area contributed by atoms with Gasteiger partial charge in [-0.15, -0.1) is 17.2 Å². The first kappa shape index (κ1) is 23.2. The number of hydrogen-bond acceptors (Lipinski definition) is 8. The summed E-state index contributed by atoms with van der Waals surface area (Å²) in [6.07, 6.45) is 0. The molecule has 0 aromatic heterocycles. The summed E-state index contributed by atoms with van der Waals surface area (Å²) >= 11 is 0.939. The van der Waals surface area contributed by atoms with Crippen molar-refractivity contribution >= 4 is 29.4 Å². The van der Waals surface area contributed by atoms with Gasteiger partial charge in [0.25, 0.3) is 0 Å². The van der Waals surface area contributed by atoms with Gasteiger partial charge >= 0.3 is 17.6 Å². The van der Waals surface area contributed by atoms with E-state index >= 15 is 0 Å². The summed E-state index contributed by atoms with van der Waals surface area (Å²) < 4.78 is 5.63. The van der Waals surface area contributed by atoms with Crippen LogP contribution >= 0.6 is 11.8 Å². The number of ether oxygens (including phenoxy) is 1. The Hall–Kier alpha value is -3.11. The monoisotopic (exact) mass is 434 g/mol. The third kappa shape index (κ3) is 6.46. The summed E-state index contributed by atoms with van der Waals surface area (Å²) in [6.45, 7) is 4.88. The van der Waals surface area contributed by atoms with Gasteiger partial charge in [0, 0.05) is 5.75 Å². The molecule has 0 aliphatic heterocycles. The quantitative estimate of drug-likeness (QED) is 0.341. The van der Waals surface area contributed by atoms with Gasteiger partial charge in [-0.05, 0) is 45.0 Å². The number of aliphatic carboxylic acids is 1. The van der Waals surface area contributed by atoms with E-state index in [2.05, 4.69) is 5.48 Å². The molecule has 30 heavy (non-hydrogen) atoms. The number of carbonyl (C=O) groups excluding carboxylic acids is 1. The predicted octanol–water partition coefficient (Wildman–Crippen LogP) is 4.03. The molecule has 0 saturated heterocycles. The van der Waals surface area contributed by atoms with Gasteiger partial charge in [-0.3, -0.25) is 14.9 Å². The lowest BCUT2D eigenvalue weighted by molar-refractivity contribution is -0.388. The van der Waals surface area contributed by atoms with Gasteiger partial charge in [0.05, 0.1) is 15.2 Å². The number of carbonyl (C=O) groups is 2. The Morgan fingerprint density at radius 2 is 1.83 bits per heavy atom. The van der Waals surface area contributed by atoms with Gasteiger partial charge in [0.1, 0.15) is 11.8 Å². The topological polar surface area (TPSA) is 128 Å². The summed E-state index contributed by atoms with van der Waals surface area (Å²) in [5, 5.41) is 21.0. The second-order valence-corrected chi connectivity index (χ2v) is 8.30. The largest absolute Gasteiger partial charge is 0.480 e. The molecule has 2 N–H and O–H groups in total. The zero-order valence-electron chi connectivity index (χ0n) is 16.7. The van der Waals surface area contributed by atoms with Crippen LogP contribution in [0.4, 0.5) is 5.69 Å². The van der Waals surface area contributed by atoms with Crippen LogP contribution in [-0.2, 0) is 14.4 Å². The molecule has 1 atom stereocenters. The second-order valence-electron chi connectivity index (χ2n) is 7.23. The van der Waals surface area contributed by atoms with Crippen LogP contribution in [0.3, 0.4) is 0 Å². The Morgan fingerprint density at radius 1 is 1.17 bits per heavy atom. The van der Waals surface area contributed by atoms with E-state index in [1.807, 2.05) is 0 Å². The predicted molar refractivity (Wildman–Crippen MR) is 110 cm³/mol. The molecule has 0 bridgehead atoms. The minimum absolute atomic E-state index is 0.0372. The molecule has 0 spiro atoms. The van der Waals surface area contributed by atoms with Gasteiger partial charge in [0.15, 0.2) is 0 Å². The molecule has 0 aliphatic carbocycles.